The molecule has 0 saturated heterocycles. The van der Waals surface area contributed by atoms with Crippen LogP contribution in [-0.4, -0.2) is 28.0 Å². The van der Waals surface area contributed by atoms with E-state index in [1.807, 2.05) is 10.9 Å². The molecule has 0 aromatic carbocycles. The van der Waals surface area contributed by atoms with Crippen molar-refractivity contribution >= 4 is 0 Å². The van der Waals surface area contributed by atoms with Crippen molar-refractivity contribution in [1.82, 2.24) is 9.78 Å². The summed E-state index contributed by atoms with van der Waals surface area (Å²) in [6.07, 6.45) is 3.71. The maximum absolute atomic E-state index is 9.01. The minimum atomic E-state index is 0.0208. The summed E-state index contributed by atoms with van der Waals surface area (Å²) in [6, 6.07) is 0.353. The number of nitrogens with two attached hydrogens (primary N) is 1. The number of rotatable bonds is 4. The van der Waals surface area contributed by atoms with Crippen molar-refractivity contribution in [2.24, 2.45) is 5.73 Å². The second-order valence-corrected chi connectivity index (χ2v) is 3.46. The van der Waals surface area contributed by atoms with Gasteiger partial charge in [0.1, 0.15) is 0 Å². The summed E-state index contributed by atoms with van der Waals surface area (Å²) in [7, 11) is 0. The van der Waals surface area contributed by atoms with Crippen molar-refractivity contribution < 1.29 is 5.11 Å². The fourth-order valence-corrected chi connectivity index (χ4v) is 1.16. The van der Waals surface area contributed by atoms with E-state index in [1.54, 1.807) is 6.20 Å². The van der Waals surface area contributed by atoms with Gasteiger partial charge in [-0.3, -0.25) is 4.68 Å². The summed E-state index contributed by atoms with van der Waals surface area (Å²) in [6.45, 7) is 4.67. The Hall–Kier alpha value is -0.870. The van der Waals surface area contributed by atoms with Gasteiger partial charge in [0.15, 0.2) is 0 Å². The summed E-state index contributed by atoms with van der Waals surface area (Å²) in [5, 5.41) is 13.2. The quantitative estimate of drug-likeness (QED) is 0.714. The minimum Gasteiger partial charge on any atom is -0.396 e. The highest BCUT2D eigenvalue weighted by atomic mass is 16.3. The predicted octanol–water partition coefficient (Wildman–Crippen LogP) is 0.499. The Labute approximate surface area is 78.4 Å². The van der Waals surface area contributed by atoms with Crippen LogP contribution < -0.4 is 5.73 Å². The molecule has 13 heavy (non-hydrogen) atoms. The Morgan fingerprint density at radius 2 is 2.31 bits per heavy atom. The third-order valence-corrected chi connectivity index (χ3v) is 2.13. The average molecular weight is 183 g/mol. The third-order valence-electron chi connectivity index (χ3n) is 2.13. The molecule has 0 aliphatic rings. The Balaban J connectivity index is 2.78. The molecule has 0 saturated carbocycles. The van der Waals surface area contributed by atoms with Crippen LogP contribution in [0.2, 0.25) is 0 Å². The van der Waals surface area contributed by atoms with E-state index in [0.29, 0.717) is 12.6 Å². The zero-order chi connectivity index (χ0) is 9.84. The van der Waals surface area contributed by atoms with E-state index in [-0.39, 0.29) is 12.5 Å². The number of hydrogen-bond donors (Lipinski definition) is 2. The van der Waals surface area contributed by atoms with Crippen LogP contribution in [0, 0.1) is 0 Å². The van der Waals surface area contributed by atoms with E-state index in [1.165, 1.54) is 0 Å². The van der Waals surface area contributed by atoms with E-state index < -0.39 is 0 Å². The molecule has 0 aliphatic carbocycles. The van der Waals surface area contributed by atoms with E-state index >= 15 is 0 Å². The lowest BCUT2D eigenvalue weighted by Gasteiger charge is -2.08. The van der Waals surface area contributed by atoms with E-state index in [9.17, 15) is 0 Å². The topological polar surface area (TPSA) is 64.1 Å². The Morgan fingerprint density at radius 3 is 2.69 bits per heavy atom. The molecule has 0 spiro atoms. The van der Waals surface area contributed by atoms with Crippen LogP contribution in [0.25, 0.3) is 0 Å². The first-order chi connectivity index (χ1) is 6.19. The van der Waals surface area contributed by atoms with Crippen molar-refractivity contribution in [2.45, 2.75) is 25.8 Å². The normalized spacial score (nSPS) is 13.6. The molecule has 1 unspecified atom stereocenters. The van der Waals surface area contributed by atoms with Crippen LogP contribution >= 0.6 is 0 Å². The van der Waals surface area contributed by atoms with Gasteiger partial charge in [0.25, 0.3) is 0 Å². The number of nitrogens with zero attached hydrogens (tertiary/aromatic N) is 2. The molecule has 1 aromatic heterocycles. The maximum Gasteiger partial charge on any atom is 0.0526 e. The van der Waals surface area contributed by atoms with Crippen LogP contribution in [0.4, 0.5) is 0 Å². The van der Waals surface area contributed by atoms with E-state index in [2.05, 4.69) is 18.9 Å². The van der Waals surface area contributed by atoms with Gasteiger partial charge in [-0.15, -0.1) is 0 Å². The maximum atomic E-state index is 9.01. The second kappa shape index (κ2) is 4.39. The lowest BCUT2D eigenvalue weighted by Crippen LogP contribution is -2.15. The molecule has 0 radical (unpaired) electrons. The third kappa shape index (κ3) is 2.29. The molecule has 4 heteroatoms. The highest BCUT2D eigenvalue weighted by Gasteiger charge is 2.11. The Morgan fingerprint density at radius 1 is 1.62 bits per heavy atom. The monoisotopic (exact) mass is 183 g/mol. The van der Waals surface area contributed by atoms with Crippen LogP contribution in [0.1, 0.15) is 31.4 Å². The molecule has 1 heterocycles. The number of aliphatic hydroxyl groups excluding tert-OH is 1. The van der Waals surface area contributed by atoms with Crippen molar-refractivity contribution in [2.75, 3.05) is 13.2 Å². The van der Waals surface area contributed by atoms with Crippen LogP contribution in [-0.2, 0) is 0 Å². The first kappa shape index (κ1) is 10.2. The largest absolute Gasteiger partial charge is 0.396 e. The predicted molar refractivity (Wildman–Crippen MR) is 51.5 cm³/mol. The molecule has 4 nitrogen and oxygen atoms in total. The standard InChI is InChI=1S/C9H17N3O/c1-7(2)12-5-9(4-11-12)8(3-10)6-13/h4-5,7-8,13H,3,6,10H2,1-2H3. The van der Waals surface area contributed by atoms with Gasteiger partial charge in [0.2, 0.25) is 0 Å². The van der Waals surface area contributed by atoms with Crippen molar-refractivity contribution in [3.8, 4) is 0 Å². The highest BCUT2D eigenvalue weighted by molar-refractivity contribution is 5.12. The Bertz CT molecular complexity index is 253. The molecule has 1 rings (SSSR count). The van der Waals surface area contributed by atoms with Gasteiger partial charge in [-0.1, -0.05) is 0 Å². The van der Waals surface area contributed by atoms with Crippen LogP contribution in [0.5, 0.6) is 0 Å². The van der Waals surface area contributed by atoms with Gasteiger partial charge >= 0.3 is 0 Å². The smallest absolute Gasteiger partial charge is 0.0526 e. The van der Waals surface area contributed by atoms with E-state index in [0.717, 1.165) is 5.56 Å². The summed E-state index contributed by atoms with van der Waals surface area (Å²) in [5.74, 6) is 0.0208. The summed E-state index contributed by atoms with van der Waals surface area (Å²) in [4.78, 5) is 0. The molecule has 74 valence electrons. The molecular weight excluding hydrogens is 166 g/mol. The van der Waals surface area contributed by atoms with E-state index in [4.69, 9.17) is 10.8 Å². The van der Waals surface area contributed by atoms with Gasteiger partial charge in [0.05, 0.1) is 12.8 Å². The fraction of sp³-hybridized carbons (Fsp3) is 0.667. The summed E-state index contributed by atoms with van der Waals surface area (Å²) >= 11 is 0. The first-order valence-corrected chi connectivity index (χ1v) is 4.54. The highest BCUT2D eigenvalue weighted by Crippen LogP contribution is 2.14. The van der Waals surface area contributed by atoms with Gasteiger partial charge in [-0.2, -0.15) is 5.10 Å². The van der Waals surface area contributed by atoms with Crippen molar-refractivity contribution in [3.63, 3.8) is 0 Å². The van der Waals surface area contributed by atoms with Crippen molar-refractivity contribution in [3.05, 3.63) is 18.0 Å². The molecule has 1 atom stereocenters. The molecule has 0 fully saturated rings. The lowest BCUT2D eigenvalue weighted by molar-refractivity contribution is 0.267. The van der Waals surface area contributed by atoms with Gasteiger partial charge in [0, 0.05) is 24.7 Å². The molecule has 0 aliphatic heterocycles. The van der Waals surface area contributed by atoms with Gasteiger partial charge < -0.3 is 10.8 Å². The molecule has 1 aromatic rings. The number of hydrogen-bond acceptors (Lipinski definition) is 3. The second-order valence-electron chi connectivity index (χ2n) is 3.46. The summed E-state index contributed by atoms with van der Waals surface area (Å²) < 4.78 is 1.87. The lowest BCUT2D eigenvalue weighted by atomic mass is 10.1. The first-order valence-electron chi connectivity index (χ1n) is 4.54. The average Bonchev–Trinajstić information content (AvgIpc) is 2.56. The zero-order valence-corrected chi connectivity index (χ0v) is 8.14. The van der Waals surface area contributed by atoms with Crippen molar-refractivity contribution in [1.29, 1.82) is 0 Å². The minimum absolute atomic E-state index is 0.0208. The molecule has 0 bridgehead atoms. The number of aliphatic hydroxyl groups is 1. The zero-order valence-electron chi connectivity index (χ0n) is 8.14. The molecular formula is C9H17N3O. The number of aromatic nitrogens is 2. The summed E-state index contributed by atoms with van der Waals surface area (Å²) in [5.41, 5.74) is 6.52. The fourth-order valence-electron chi connectivity index (χ4n) is 1.16. The van der Waals surface area contributed by atoms with Gasteiger partial charge in [-0.05, 0) is 19.4 Å². The Kier molecular flexibility index (Phi) is 3.45. The van der Waals surface area contributed by atoms with Gasteiger partial charge in [-0.25, -0.2) is 0 Å². The van der Waals surface area contributed by atoms with Crippen LogP contribution in [0.15, 0.2) is 12.4 Å². The SMILES string of the molecule is CC(C)n1cc(C(CN)CO)cn1. The van der Waals surface area contributed by atoms with Crippen LogP contribution in [0.3, 0.4) is 0 Å². The molecule has 3 N–H and O–H groups in total. The molecule has 0 amide bonds.